The molecule has 0 saturated heterocycles. The van der Waals surface area contributed by atoms with Crippen LogP contribution in [-0.4, -0.2) is 0 Å². The first-order chi connectivity index (χ1) is 12.4. The van der Waals surface area contributed by atoms with Crippen molar-refractivity contribution in [3.63, 3.8) is 0 Å². The van der Waals surface area contributed by atoms with Crippen LogP contribution in [0.2, 0.25) is 0 Å². The molecule has 1 atom stereocenters. The number of unbranched alkanes of at least 4 members (excludes halogenated alkanes) is 12. The van der Waals surface area contributed by atoms with Gasteiger partial charge in [-0.2, -0.15) is 0 Å². The van der Waals surface area contributed by atoms with Gasteiger partial charge in [0.2, 0.25) is 0 Å². The fourth-order valence-electron chi connectivity index (χ4n) is 3.81. The first kappa shape index (κ1) is 22.7. The van der Waals surface area contributed by atoms with E-state index in [1.165, 1.54) is 115 Å². The van der Waals surface area contributed by atoms with Crippen molar-refractivity contribution in [3.05, 3.63) is 22.4 Å². The largest absolute Gasteiger partial charge is 0.143 e. The molecule has 0 amide bonds. The van der Waals surface area contributed by atoms with Crippen molar-refractivity contribution in [2.24, 2.45) is 5.92 Å². The quantitative estimate of drug-likeness (QED) is 0.228. The maximum absolute atomic E-state index is 3.46. The van der Waals surface area contributed by atoms with Gasteiger partial charge in [0.05, 0.1) is 0 Å². The predicted molar refractivity (Wildman–Crippen MR) is 116 cm³/mol. The van der Waals surface area contributed by atoms with Crippen LogP contribution in [-0.2, 0) is 6.42 Å². The Hall–Kier alpha value is -0.300. The van der Waals surface area contributed by atoms with Crippen molar-refractivity contribution in [2.75, 3.05) is 0 Å². The van der Waals surface area contributed by atoms with E-state index < -0.39 is 0 Å². The molecule has 0 aliphatic heterocycles. The molecule has 0 aliphatic rings. The lowest BCUT2D eigenvalue weighted by Gasteiger charge is -2.16. The minimum Gasteiger partial charge on any atom is -0.143 e. The van der Waals surface area contributed by atoms with E-state index in [1.807, 2.05) is 0 Å². The topological polar surface area (TPSA) is 0 Å². The van der Waals surface area contributed by atoms with Gasteiger partial charge in [0.15, 0.2) is 0 Å². The first-order valence-corrected chi connectivity index (χ1v) is 12.2. The molecule has 1 aromatic heterocycles. The molecule has 25 heavy (non-hydrogen) atoms. The van der Waals surface area contributed by atoms with E-state index in [9.17, 15) is 0 Å². The Labute approximate surface area is 162 Å². The van der Waals surface area contributed by atoms with Gasteiger partial charge in [-0.1, -0.05) is 117 Å². The molecule has 1 aromatic rings. The molecule has 0 spiro atoms. The van der Waals surface area contributed by atoms with Crippen LogP contribution in [0.25, 0.3) is 0 Å². The lowest BCUT2D eigenvalue weighted by molar-refractivity contribution is 0.400. The summed E-state index contributed by atoms with van der Waals surface area (Å²) in [6, 6.07) is 2.28. The number of hydrogen-bond donors (Lipinski definition) is 0. The van der Waals surface area contributed by atoms with Crippen LogP contribution in [0, 0.1) is 11.3 Å². The lowest BCUT2D eigenvalue weighted by Crippen LogP contribution is -2.05. The maximum atomic E-state index is 3.46. The van der Waals surface area contributed by atoms with Crippen LogP contribution in [0.4, 0.5) is 0 Å². The normalized spacial score (nSPS) is 12.6. The van der Waals surface area contributed by atoms with E-state index >= 15 is 0 Å². The van der Waals surface area contributed by atoms with E-state index in [2.05, 4.69) is 30.7 Å². The molecule has 1 heterocycles. The van der Waals surface area contributed by atoms with E-state index in [-0.39, 0.29) is 0 Å². The van der Waals surface area contributed by atoms with Gasteiger partial charge >= 0.3 is 0 Å². The van der Waals surface area contributed by atoms with Crippen molar-refractivity contribution in [3.8, 4) is 0 Å². The zero-order valence-electron chi connectivity index (χ0n) is 17.2. The summed E-state index contributed by atoms with van der Waals surface area (Å²) >= 11 is 1.74. The highest BCUT2D eigenvalue weighted by atomic mass is 32.1. The van der Waals surface area contributed by atoms with Gasteiger partial charge in [0.1, 0.15) is 0 Å². The summed E-state index contributed by atoms with van der Waals surface area (Å²) in [5.41, 5.74) is 1.46. The molecular weight excluding hydrogens is 320 g/mol. The van der Waals surface area contributed by atoms with Crippen LogP contribution in [0.15, 0.2) is 11.4 Å². The summed E-state index contributed by atoms with van der Waals surface area (Å²) < 4.78 is 0. The van der Waals surface area contributed by atoms with Crippen molar-refractivity contribution in [2.45, 2.75) is 123 Å². The minimum absolute atomic E-state index is 0.900. The van der Waals surface area contributed by atoms with Crippen LogP contribution < -0.4 is 0 Å². The third-order valence-electron chi connectivity index (χ3n) is 5.47. The zero-order valence-corrected chi connectivity index (χ0v) is 18.0. The molecule has 0 bridgehead atoms. The van der Waals surface area contributed by atoms with Crippen LogP contribution in [0.1, 0.15) is 122 Å². The van der Waals surface area contributed by atoms with Crippen LogP contribution in [0.3, 0.4) is 0 Å². The molecule has 0 saturated carbocycles. The van der Waals surface area contributed by atoms with Gasteiger partial charge < -0.3 is 0 Å². The Morgan fingerprint density at radius 2 is 1.20 bits per heavy atom. The molecule has 0 fully saturated rings. The van der Waals surface area contributed by atoms with Crippen LogP contribution in [0.5, 0.6) is 0 Å². The lowest BCUT2D eigenvalue weighted by atomic mass is 9.89. The molecule has 0 aliphatic carbocycles. The SMILES string of the molecule is CCCCCCCCCCC(CCCCCCCC)Cc1[c]scc1. The molecule has 1 radical (unpaired) electrons. The van der Waals surface area contributed by atoms with E-state index in [1.54, 1.807) is 11.3 Å². The summed E-state index contributed by atoms with van der Waals surface area (Å²) in [4.78, 5) is 0. The van der Waals surface area contributed by atoms with Crippen LogP contribution >= 0.6 is 11.3 Å². The third kappa shape index (κ3) is 13.5. The average Bonchev–Trinajstić information content (AvgIpc) is 3.13. The Kier molecular flexibility index (Phi) is 15.6. The van der Waals surface area contributed by atoms with Crippen molar-refractivity contribution in [1.29, 1.82) is 0 Å². The monoisotopic (exact) mass is 363 g/mol. The van der Waals surface area contributed by atoms with E-state index in [0.29, 0.717) is 0 Å². The molecule has 1 unspecified atom stereocenters. The highest BCUT2D eigenvalue weighted by molar-refractivity contribution is 7.07. The molecule has 1 heteroatoms. The fourth-order valence-corrected chi connectivity index (χ4v) is 4.41. The van der Waals surface area contributed by atoms with Gasteiger partial charge in [-0.3, -0.25) is 0 Å². The van der Waals surface area contributed by atoms with Gasteiger partial charge in [-0.25, -0.2) is 0 Å². The number of hydrogen-bond acceptors (Lipinski definition) is 1. The highest BCUT2D eigenvalue weighted by Gasteiger charge is 2.10. The Morgan fingerprint density at radius 1 is 0.720 bits per heavy atom. The zero-order chi connectivity index (χ0) is 18.0. The molecule has 0 N–H and O–H groups in total. The molecule has 1 rings (SSSR count). The van der Waals surface area contributed by atoms with Gasteiger partial charge in [0, 0.05) is 5.38 Å². The van der Waals surface area contributed by atoms with Gasteiger partial charge in [-0.05, 0) is 29.3 Å². The molecular formula is C24H43S. The highest BCUT2D eigenvalue weighted by Crippen LogP contribution is 2.24. The van der Waals surface area contributed by atoms with E-state index in [4.69, 9.17) is 0 Å². The molecule has 0 nitrogen and oxygen atoms in total. The fraction of sp³-hybridized carbons (Fsp3) is 0.833. The van der Waals surface area contributed by atoms with Gasteiger partial charge in [0.25, 0.3) is 0 Å². The van der Waals surface area contributed by atoms with Gasteiger partial charge in [-0.15, -0.1) is 11.3 Å². The average molecular weight is 364 g/mol. The van der Waals surface area contributed by atoms with Crippen molar-refractivity contribution in [1.82, 2.24) is 0 Å². The Morgan fingerprint density at radius 3 is 1.64 bits per heavy atom. The summed E-state index contributed by atoms with van der Waals surface area (Å²) in [6.45, 7) is 4.60. The molecule has 145 valence electrons. The summed E-state index contributed by atoms with van der Waals surface area (Å²) in [5.74, 6) is 0.900. The second kappa shape index (κ2) is 17.1. The summed E-state index contributed by atoms with van der Waals surface area (Å²) in [5, 5.41) is 5.65. The van der Waals surface area contributed by atoms with Crippen molar-refractivity contribution >= 4 is 11.3 Å². The molecule has 0 aromatic carbocycles. The van der Waals surface area contributed by atoms with Crippen molar-refractivity contribution < 1.29 is 0 Å². The second-order valence-corrected chi connectivity index (χ2v) is 8.65. The standard InChI is InChI=1S/C24H43S/c1-3-5-7-9-11-12-14-16-18-23(21-24-19-20-25-22-24)17-15-13-10-8-6-4-2/h19-20,23H,3-18,21H2,1-2H3. The Bertz CT molecular complexity index is 354. The predicted octanol–water partition coefficient (Wildman–Crippen LogP) is 8.99. The summed E-state index contributed by atoms with van der Waals surface area (Å²) in [7, 11) is 0. The number of rotatable bonds is 18. The summed E-state index contributed by atoms with van der Waals surface area (Å²) in [6.07, 6.45) is 24.2. The first-order valence-electron chi connectivity index (χ1n) is 11.3. The smallest absolute Gasteiger partial charge is 0.0477 e. The number of thiophene rings is 1. The maximum Gasteiger partial charge on any atom is 0.0477 e. The Balaban J connectivity index is 2.13. The minimum atomic E-state index is 0.900. The van der Waals surface area contributed by atoms with E-state index in [0.717, 1.165) is 5.92 Å². The third-order valence-corrected chi connectivity index (χ3v) is 6.12. The second-order valence-electron chi connectivity index (χ2n) is 7.94.